The van der Waals surface area contributed by atoms with Crippen molar-refractivity contribution in [2.75, 3.05) is 32.0 Å². The van der Waals surface area contributed by atoms with Crippen LogP contribution in [0.1, 0.15) is 16.1 Å². The van der Waals surface area contributed by atoms with Gasteiger partial charge in [-0.15, -0.1) is 10.2 Å². The number of methoxy groups -OCH3 is 3. The minimum Gasteiger partial charge on any atom is -0.493 e. The van der Waals surface area contributed by atoms with E-state index in [1.54, 1.807) is 24.3 Å². The minimum atomic E-state index is -0.409. The number of benzene rings is 2. The molecule has 3 aromatic rings. The van der Waals surface area contributed by atoms with E-state index >= 15 is 0 Å². The van der Waals surface area contributed by atoms with Gasteiger partial charge in [0.2, 0.25) is 5.75 Å². The van der Waals surface area contributed by atoms with Crippen LogP contribution in [0.25, 0.3) is 0 Å². The monoisotopic (exact) mass is 394 g/mol. The predicted octanol–water partition coefficient (Wildman–Crippen LogP) is 3.81. The molecule has 0 aliphatic rings. The number of rotatable bonds is 7. The summed E-state index contributed by atoms with van der Waals surface area (Å²) in [5, 5.41) is 14.0. The highest BCUT2D eigenvalue weighted by molar-refractivity contribution is 6.03. The maximum absolute atomic E-state index is 12.5. The molecule has 29 heavy (non-hydrogen) atoms. The van der Waals surface area contributed by atoms with E-state index in [9.17, 15) is 4.79 Å². The number of aryl methyl sites for hydroxylation is 1. The maximum Gasteiger partial charge on any atom is 0.276 e. The Hall–Kier alpha value is -3.81. The second-order valence-corrected chi connectivity index (χ2v) is 6.16. The minimum absolute atomic E-state index is 0.174. The first kappa shape index (κ1) is 19.9. The Morgan fingerprint density at radius 1 is 0.828 bits per heavy atom. The first-order valence-corrected chi connectivity index (χ1v) is 8.83. The molecule has 0 saturated carbocycles. The third-order valence-corrected chi connectivity index (χ3v) is 4.14. The van der Waals surface area contributed by atoms with Crippen molar-refractivity contribution in [3.05, 3.63) is 59.8 Å². The fourth-order valence-electron chi connectivity index (χ4n) is 2.65. The number of amides is 1. The molecule has 8 nitrogen and oxygen atoms in total. The SMILES string of the molecule is COc1cc(NC(=O)c2ccc(Nc3ccc(C)cc3)nn2)cc(OC)c1OC. The number of ether oxygens (including phenoxy) is 3. The third-order valence-electron chi connectivity index (χ3n) is 4.14. The highest BCUT2D eigenvalue weighted by Crippen LogP contribution is 2.40. The van der Waals surface area contributed by atoms with Crippen LogP contribution >= 0.6 is 0 Å². The van der Waals surface area contributed by atoms with E-state index in [4.69, 9.17) is 14.2 Å². The quantitative estimate of drug-likeness (QED) is 0.629. The Bertz CT molecular complexity index is 964. The van der Waals surface area contributed by atoms with Crippen molar-refractivity contribution in [3.63, 3.8) is 0 Å². The van der Waals surface area contributed by atoms with E-state index in [1.165, 1.54) is 26.9 Å². The Labute approximate surface area is 168 Å². The van der Waals surface area contributed by atoms with Crippen LogP contribution in [0.15, 0.2) is 48.5 Å². The largest absolute Gasteiger partial charge is 0.493 e. The lowest BCUT2D eigenvalue weighted by Crippen LogP contribution is -2.15. The molecule has 150 valence electrons. The summed E-state index contributed by atoms with van der Waals surface area (Å²) in [4.78, 5) is 12.5. The molecule has 1 amide bonds. The summed E-state index contributed by atoms with van der Waals surface area (Å²) >= 11 is 0. The summed E-state index contributed by atoms with van der Waals surface area (Å²) in [5.41, 5.74) is 2.71. The first-order valence-electron chi connectivity index (χ1n) is 8.83. The van der Waals surface area contributed by atoms with E-state index in [2.05, 4.69) is 20.8 Å². The summed E-state index contributed by atoms with van der Waals surface area (Å²) in [5.74, 6) is 1.45. The summed E-state index contributed by atoms with van der Waals surface area (Å²) in [7, 11) is 4.53. The maximum atomic E-state index is 12.5. The molecular formula is C21H22N4O4. The fourth-order valence-corrected chi connectivity index (χ4v) is 2.65. The van der Waals surface area contributed by atoms with Crippen LogP contribution < -0.4 is 24.8 Å². The van der Waals surface area contributed by atoms with Gasteiger partial charge in [-0.3, -0.25) is 4.79 Å². The molecule has 0 spiro atoms. The molecule has 0 bridgehead atoms. The van der Waals surface area contributed by atoms with E-state index in [0.29, 0.717) is 28.8 Å². The van der Waals surface area contributed by atoms with Gasteiger partial charge in [-0.1, -0.05) is 17.7 Å². The summed E-state index contributed by atoms with van der Waals surface area (Å²) < 4.78 is 15.9. The number of aromatic nitrogens is 2. The molecule has 2 aromatic carbocycles. The smallest absolute Gasteiger partial charge is 0.276 e. The zero-order valence-electron chi connectivity index (χ0n) is 16.6. The van der Waals surface area contributed by atoms with Gasteiger partial charge in [0.1, 0.15) is 0 Å². The normalized spacial score (nSPS) is 10.2. The van der Waals surface area contributed by atoms with E-state index in [0.717, 1.165) is 5.69 Å². The number of hydrogen-bond donors (Lipinski definition) is 2. The second kappa shape index (κ2) is 8.92. The van der Waals surface area contributed by atoms with Crippen molar-refractivity contribution in [1.82, 2.24) is 10.2 Å². The molecule has 1 aromatic heterocycles. The molecule has 2 N–H and O–H groups in total. The molecule has 3 rings (SSSR count). The van der Waals surface area contributed by atoms with Crippen LogP contribution in [0.4, 0.5) is 17.2 Å². The number of hydrogen-bond acceptors (Lipinski definition) is 7. The van der Waals surface area contributed by atoms with Crippen LogP contribution in [0.5, 0.6) is 17.2 Å². The van der Waals surface area contributed by atoms with Gasteiger partial charge in [0.25, 0.3) is 5.91 Å². The first-order chi connectivity index (χ1) is 14.0. The number of carbonyl (C=O) groups excluding carboxylic acids is 1. The standard InChI is InChI=1S/C21H22N4O4/c1-13-5-7-14(8-6-13)22-19-10-9-16(24-25-19)21(26)23-15-11-17(27-2)20(29-4)18(12-15)28-3/h5-12H,1-4H3,(H,22,25)(H,23,26). The molecule has 0 saturated heterocycles. The fraction of sp³-hybridized carbons (Fsp3) is 0.190. The van der Waals surface area contributed by atoms with Crippen molar-refractivity contribution in [3.8, 4) is 17.2 Å². The van der Waals surface area contributed by atoms with E-state index in [-0.39, 0.29) is 5.69 Å². The summed E-state index contributed by atoms with van der Waals surface area (Å²) in [6.45, 7) is 2.02. The molecule has 0 fully saturated rings. The van der Waals surface area contributed by atoms with Gasteiger partial charge in [0.15, 0.2) is 23.0 Å². The lowest BCUT2D eigenvalue weighted by Gasteiger charge is -2.14. The molecule has 1 heterocycles. The average molecular weight is 394 g/mol. The van der Waals surface area contributed by atoms with Crippen molar-refractivity contribution < 1.29 is 19.0 Å². The Morgan fingerprint density at radius 3 is 2.00 bits per heavy atom. The Kier molecular flexibility index (Phi) is 6.13. The molecule has 0 unspecified atom stereocenters. The third kappa shape index (κ3) is 4.73. The molecular weight excluding hydrogens is 372 g/mol. The van der Waals surface area contributed by atoms with Crippen molar-refractivity contribution >= 4 is 23.1 Å². The molecule has 0 atom stereocenters. The van der Waals surface area contributed by atoms with Crippen LogP contribution in [0, 0.1) is 6.92 Å². The van der Waals surface area contributed by atoms with Crippen molar-refractivity contribution in [2.45, 2.75) is 6.92 Å². The summed E-state index contributed by atoms with van der Waals surface area (Å²) in [6, 6.07) is 14.4. The number of nitrogens with zero attached hydrogens (tertiary/aromatic N) is 2. The number of nitrogens with one attached hydrogen (secondary N) is 2. The van der Waals surface area contributed by atoms with Gasteiger partial charge >= 0.3 is 0 Å². The van der Waals surface area contributed by atoms with Crippen LogP contribution in [-0.2, 0) is 0 Å². The summed E-state index contributed by atoms with van der Waals surface area (Å²) in [6.07, 6.45) is 0. The van der Waals surface area contributed by atoms with Gasteiger partial charge in [0, 0.05) is 23.5 Å². The van der Waals surface area contributed by atoms with Gasteiger partial charge in [-0.25, -0.2) is 0 Å². The van der Waals surface area contributed by atoms with Crippen molar-refractivity contribution in [1.29, 1.82) is 0 Å². The lowest BCUT2D eigenvalue weighted by molar-refractivity contribution is 0.102. The number of carbonyl (C=O) groups is 1. The van der Waals surface area contributed by atoms with Gasteiger partial charge in [-0.2, -0.15) is 0 Å². The molecule has 0 radical (unpaired) electrons. The predicted molar refractivity (Wildman–Crippen MR) is 111 cm³/mol. The van der Waals surface area contributed by atoms with Gasteiger partial charge in [0.05, 0.1) is 21.3 Å². The highest BCUT2D eigenvalue weighted by Gasteiger charge is 2.16. The molecule has 0 aliphatic carbocycles. The molecule has 8 heteroatoms. The van der Waals surface area contributed by atoms with Gasteiger partial charge < -0.3 is 24.8 Å². The highest BCUT2D eigenvalue weighted by atomic mass is 16.5. The van der Waals surface area contributed by atoms with E-state index < -0.39 is 5.91 Å². The van der Waals surface area contributed by atoms with E-state index in [1.807, 2.05) is 31.2 Å². The Balaban J connectivity index is 1.73. The lowest BCUT2D eigenvalue weighted by atomic mass is 10.2. The average Bonchev–Trinajstić information content (AvgIpc) is 2.75. The Morgan fingerprint density at radius 2 is 1.48 bits per heavy atom. The molecule has 0 aliphatic heterocycles. The number of anilines is 3. The second-order valence-electron chi connectivity index (χ2n) is 6.16. The topological polar surface area (TPSA) is 94.6 Å². The van der Waals surface area contributed by atoms with Crippen molar-refractivity contribution in [2.24, 2.45) is 0 Å². The van der Waals surface area contributed by atoms with Crippen LogP contribution in [0.3, 0.4) is 0 Å². The van der Waals surface area contributed by atoms with Gasteiger partial charge in [-0.05, 0) is 31.2 Å². The van der Waals surface area contributed by atoms with Crippen LogP contribution in [-0.4, -0.2) is 37.4 Å². The zero-order valence-corrected chi connectivity index (χ0v) is 16.6. The van der Waals surface area contributed by atoms with Crippen LogP contribution in [0.2, 0.25) is 0 Å². The zero-order chi connectivity index (χ0) is 20.8.